The summed E-state index contributed by atoms with van der Waals surface area (Å²) in [5.74, 6) is 0.863. The van der Waals surface area contributed by atoms with Crippen LogP contribution >= 0.6 is 0 Å². The summed E-state index contributed by atoms with van der Waals surface area (Å²) in [7, 11) is 0. The fourth-order valence-electron chi connectivity index (χ4n) is 2.30. The number of rotatable bonds is 2. The van der Waals surface area contributed by atoms with E-state index in [-0.39, 0.29) is 0 Å². The number of aryl methyl sites for hydroxylation is 1. The van der Waals surface area contributed by atoms with E-state index in [0.29, 0.717) is 11.8 Å². The van der Waals surface area contributed by atoms with E-state index in [9.17, 15) is 0 Å². The van der Waals surface area contributed by atoms with Gasteiger partial charge in [-0.25, -0.2) is 4.52 Å². The van der Waals surface area contributed by atoms with Crippen molar-refractivity contribution in [2.45, 2.75) is 19.3 Å². The highest BCUT2D eigenvalue weighted by Gasteiger charge is 2.38. The maximum atomic E-state index is 8.51. The minimum Gasteiger partial charge on any atom is -0.411 e. The van der Waals surface area contributed by atoms with Crippen LogP contribution in [0.1, 0.15) is 23.6 Å². The van der Waals surface area contributed by atoms with Crippen LogP contribution in [0.5, 0.6) is 0 Å². The summed E-state index contributed by atoms with van der Waals surface area (Å²) in [6.45, 7) is 2.00. The van der Waals surface area contributed by atoms with Gasteiger partial charge in [-0.1, -0.05) is 6.07 Å². The summed E-state index contributed by atoms with van der Waals surface area (Å²) < 4.78 is 1.91. The molecule has 1 N–H and O–H groups in total. The topological polar surface area (TPSA) is 49.9 Å². The lowest BCUT2D eigenvalue weighted by atomic mass is 10.1. The van der Waals surface area contributed by atoms with Crippen molar-refractivity contribution in [2.75, 3.05) is 0 Å². The van der Waals surface area contributed by atoms with Crippen LogP contribution in [0.15, 0.2) is 29.6 Å². The molecule has 0 aromatic carbocycles. The van der Waals surface area contributed by atoms with Gasteiger partial charge >= 0.3 is 0 Å². The van der Waals surface area contributed by atoms with Crippen molar-refractivity contribution < 1.29 is 5.21 Å². The van der Waals surface area contributed by atoms with E-state index in [1.807, 2.05) is 23.7 Å². The van der Waals surface area contributed by atoms with Gasteiger partial charge in [0.25, 0.3) is 0 Å². The fraction of sp³-hybridized carbons (Fsp3) is 0.333. The number of hydrogen-bond acceptors (Lipinski definition) is 3. The van der Waals surface area contributed by atoms with E-state index in [2.05, 4.69) is 22.4 Å². The zero-order valence-corrected chi connectivity index (χ0v) is 9.04. The highest BCUT2D eigenvalue weighted by Crippen LogP contribution is 2.47. The van der Waals surface area contributed by atoms with Crippen LogP contribution in [0.25, 0.3) is 5.52 Å². The summed E-state index contributed by atoms with van der Waals surface area (Å²) >= 11 is 0. The Kier molecular flexibility index (Phi) is 1.96. The van der Waals surface area contributed by atoms with Gasteiger partial charge in [-0.3, -0.25) is 0 Å². The fourth-order valence-corrected chi connectivity index (χ4v) is 2.30. The number of aromatic nitrogens is 2. The molecule has 2 aromatic rings. The molecule has 0 unspecified atom stereocenters. The zero-order valence-electron chi connectivity index (χ0n) is 9.04. The second-order valence-electron chi connectivity index (χ2n) is 4.35. The molecule has 1 aliphatic rings. The van der Waals surface area contributed by atoms with E-state index >= 15 is 0 Å². The Morgan fingerprint density at radius 1 is 1.62 bits per heavy atom. The number of fused-ring (bicyclic) bond motifs is 1. The van der Waals surface area contributed by atoms with Gasteiger partial charge in [-0.2, -0.15) is 5.10 Å². The minimum atomic E-state index is 0.381. The third-order valence-electron chi connectivity index (χ3n) is 3.15. The third kappa shape index (κ3) is 1.38. The van der Waals surface area contributed by atoms with Crippen LogP contribution in [0.3, 0.4) is 0 Å². The van der Waals surface area contributed by atoms with Gasteiger partial charge in [0.2, 0.25) is 0 Å². The monoisotopic (exact) mass is 215 g/mol. The van der Waals surface area contributed by atoms with Crippen molar-refractivity contribution in [1.29, 1.82) is 0 Å². The van der Waals surface area contributed by atoms with Crippen molar-refractivity contribution in [3.05, 3.63) is 35.7 Å². The van der Waals surface area contributed by atoms with Crippen LogP contribution in [-0.2, 0) is 0 Å². The average molecular weight is 215 g/mol. The smallest absolute Gasteiger partial charge is 0.0699 e. The second kappa shape index (κ2) is 3.33. The predicted molar refractivity (Wildman–Crippen MR) is 61.1 cm³/mol. The zero-order chi connectivity index (χ0) is 11.1. The first-order valence-electron chi connectivity index (χ1n) is 5.42. The van der Waals surface area contributed by atoms with Crippen LogP contribution in [0.2, 0.25) is 0 Å². The van der Waals surface area contributed by atoms with Gasteiger partial charge in [0.05, 0.1) is 11.2 Å². The molecule has 16 heavy (non-hydrogen) atoms. The van der Waals surface area contributed by atoms with Crippen molar-refractivity contribution >= 4 is 11.7 Å². The molecular formula is C12H13N3O. The van der Waals surface area contributed by atoms with Crippen molar-refractivity contribution in [3.63, 3.8) is 0 Å². The van der Waals surface area contributed by atoms with Gasteiger partial charge < -0.3 is 5.21 Å². The largest absolute Gasteiger partial charge is 0.411 e. The lowest BCUT2D eigenvalue weighted by Gasteiger charge is -2.01. The molecule has 2 aromatic heterocycles. The standard InChI is InChI=1S/C12H13N3O/c1-8-5-12-10(3-2-4-15(12)14-8)11-6-9(11)7-13-16/h2-5,7,9,11,16H,6H2,1H3/t9-,11+/m0/s1. The van der Waals surface area contributed by atoms with Crippen LogP contribution < -0.4 is 0 Å². The van der Waals surface area contributed by atoms with Crippen molar-refractivity contribution in [3.8, 4) is 0 Å². The quantitative estimate of drug-likeness (QED) is 0.474. The molecule has 1 saturated carbocycles. The minimum absolute atomic E-state index is 0.381. The molecule has 3 rings (SSSR count). The maximum absolute atomic E-state index is 8.51. The highest BCUT2D eigenvalue weighted by molar-refractivity contribution is 5.69. The summed E-state index contributed by atoms with van der Waals surface area (Å²) in [4.78, 5) is 0. The molecular weight excluding hydrogens is 202 g/mol. The Labute approximate surface area is 93.2 Å². The SMILES string of the molecule is Cc1cc2c([C@@H]3C[C@H]3C=NO)cccn2n1. The molecule has 2 atom stereocenters. The maximum Gasteiger partial charge on any atom is 0.0699 e. The Morgan fingerprint density at radius 2 is 2.50 bits per heavy atom. The van der Waals surface area contributed by atoms with Gasteiger partial charge in [0.1, 0.15) is 0 Å². The molecule has 1 aliphatic carbocycles. The van der Waals surface area contributed by atoms with Crippen molar-refractivity contribution in [1.82, 2.24) is 9.61 Å². The van der Waals surface area contributed by atoms with E-state index in [1.54, 1.807) is 6.21 Å². The van der Waals surface area contributed by atoms with Gasteiger partial charge in [0, 0.05) is 18.3 Å². The molecule has 82 valence electrons. The molecule has 0 aliphatic heterocycles. The summed E-state index contributed by atoms with van der Waals surface area (Å²) in [6, 6.07) is 6.24. The average Bonchev–Trinajstić information content (AvgIpc) is 2.90. The Hall–Kier alpha value is -1.84. The van der Waals surface area contributed by atoms with Crippen LogP contribution in [0.4, 0.5) is 0 Å². The van der Waals surface area contributed by atoms with Gasteiger partial charge in [-0.15, -0.1) is 5.16 Å². The van der Waals surface area contributed by atoms with Crippen LogP contribution in [-0.4, -0.2) is 21.0 Å². The third-order valence-corrected chi connectivity index (χ3v) is 3.15. The molecule has 0 amide bonds. The first kappa shape index (κ1) is 9.39. The lowest BCUT2D eigenvalue weighted by molar-refractivity contribution is 0.320. The summed E-state index contributed by atoms with van der Waals surface area (Å²) in [5.41, 5.74) is 3.49. The number of pyridine rings is 1. The van der Waals surface area contributed by atoms with E-state index < -0.39 is 0 Å². The molecule has 0 spiro atoms. The van der Waals surface area contributed by atoms with Gasteiger partial charge in [0.15, 0.2) is 0 Å². The molecule has 0 radical (unpaired) electrons. The first-order chi connectivity index (χ1) is 7.79. The molecule has 4 nitrogen and oxygen atoms in total. The number of oxime groups is 1. The Morgan fingerprint density at radius 3 is 3.31 bits per heavy atom. The molecule has 0 bridgehead atoms. The Balaban J connectivity index is 2.04. The first-order valence-corrected chi connectivity index (χ1v) is 5.42. The predicted octanol–water partition coefficient (Wildman–Crippen LogP) is 2.21. The summed E-state index contributed by atoms with van der Waals surface area (Å²) in [5, 5.41) is 16.0. The summed E-state index contributed by atoms with van der Waals surface area (Å²) in [6.07, 6.45) is 4.65. The number of hydrogen-bond donors (Lipinski definition) is 1. The van der Waals surface area contributed by atoms with E-state index in [0.717, 1.165) is 12.1 Å². The molecule has 2 heterocycles. The van der Waals surface area contributed by atoms with E-state index in [4.69, 9.17) is 5.21 Å². The highest BCUT2D eigenvalue weighted by atomic mass is 16.4. The normalized spacial score (nSPS) is 24.3. The Bertz CT molecular complexity index is 558. The van der Waals surface area contributed by atoms with Gasteiger partial charge in [-0.05, 0) is 37.0 Å². The second-order valence-corrected chi connectivity index (χ2v) is 4.35. The van der Waals surface area contributed by atoms with E-state index in [1.165, 1.54) is 11.1 Å². The lowest BCUT2D eigenvalue weighted by Crippen LogP contribution is -1.92. The number of nitrogens with zero attached hydrogens (tertiary/aromatic N) is 3. The molecule has 4 heteroatoms. The van der Waals surface area contributed by atoms with Crippen molar-refractivity contribution in [2.24, 2.45) is 11.1 Å². The molecule has 0 saturated heterocycles. The van der Waals surface area contributed by atoms with Crippen LogP contribution in [0, 0.1) is 12.8 Å². The molecule has 1 fully saturated rings.